The van der Waals surface area contributed by atoms with E-state index in [4.69, 9.17) is 4.74 Å². The molecule has 2 aromatic rings. The Hall–Kier alpha value is -3.45. The van der Waals surface area contributed by atoms with Crippen molar-refractivity contribution in [3.05, 3.63) is 83.4 Å². The van der Waals surface area contributed by atoms with Crippen molar-refractivity contribution in [1.29, 1.82) is 0 Å². The number of carbonyl (C=O) groups excluding carboxylic acids is 3. The van der Waals surface area contributed by atoms with E-state index in [2.05, 4.69) is 5.32 Å². The topological polar surface area (TPSA) is 95.9 Å². The molecule has 35 heavy (non-hydrogen) atoms. The lowest BCUT2D eigenvalue weighted by Gasteiger charge is -2.36. The van der Waals surface area contributed by atoms with Gasteiger partial charge in [0, 0.05) is 19.4 Å². The average molecular weight is 477 g/mol. The van der Waals surface area contributed by atoms with Gasteiger partial charge in [-0.2, -0.15) is 0 Å². The number of esters is 1. The second kappa shape index (κ2) is 11.8. The first-order valence-corrected chi connectivity index (χ1v) is 12.2. The zero-order chi connectivity index (χ0) is 24.6. The lowest BCUT2D eigenvalue weighted by atomic mass is 9.92. The standard InChI is InChI=1S/C28H32N2O5/c31-19-24-15-21-11-7-8-13-23(21)18-30(24)26(32)16-22-12-5-2-6-14-27(33)35-25(17-29-28(22)34)20-9-3-1-4-10-20/h1-5,7-11,13,22,24-25,31H,6,12,14-19H2,(H,29,34). The van der Waals surface area contributed by atoms with Crippen LogP contribution in [0.5, 0.6) is 0 Å². The third-order valence-corrected chi connectivity index (χ3v) is 6.69. The van der Waals surface area contributed by atoms with Crippen LogP contribution < -0.4 is 5.32 Å². The predicted molar refractivity (Wildman–Crippen MR) is 131 cm³/mol. The maximum atomic E-state index is 13.3. The van der Waals surface area contributed by atoms with Crippen molar-refractivity contribution in [2.45, 2.75) is 50.8 Å². The minimum Gasteiger partial charge on any atom is -0.456 e. The Morgan fingerprint density at radius 1 is 1.03 bits per heavy atom. The summed E-state index contributed by atoms with van der Waals surface area (Å²) in [7, 11) is 0. The Morgan fingerprint density at radius 3 is 2.54 bits per heavy atom. The Morgan fingerprint density at radius 2 is 1.77 bits per heavy atom. The van der Waals surface area contributed by atoms with Gasteiger partial charge in [-0.3, -0.25) is 14.4 Å². The van der Waals surface area contributed by atoms with Crippen molar-refractivity contribution in [3.8, 4) is 0 Å². The van der Waals surface area contributed by atoms with Gasteiger partial charge >= 0.3 is 5.97 Å². The number of benzene rings is 2. The molecular weight excluding hydrogens is 444 g/mol. The first-order valence-electron chi connectivity index (χ1n) is 12.2. The molecular formula is C28H32N2O5. The fourth-order valence-corrected chi connectivity index (χ4v) is 4.68. The second-order valence-electron chi connectivity index (χ2n) is 9.11. The van der Waals surface area contributed by atoms with Crippen LogP contribution in [0, 0.1) is 5.92 Å². The molecule has 2 heterocycles. The van der Waals surface area contributed by atoms with E-state index in [0.717, 1.165) is 16.7 Å². The van der Waals surface area contributed by atoms with E-state index in [1.54, 1.807) is 4.90 Å². The SMILES string of the molecule is O=C1CCC=CCC(CC(=O)N2Cc3ccccc3CC2CO)C(=O)NCC(c2ccccc2)O1. The highest BCUT2D eigenvalue weighted by atomic mass is 16.5. The number of cyclic esters (lactones) is 1. The smallest absolute Gasteiger partial charge is 0.306 e. The van der Waals surface area contributed by atoms with Crippen molar-refractivity contribution in [2.75, 3.05) is 13.2 Å². The molecule has 2 amide bonds. The molecule has 3 atom stereocenters. The average Bonchev–Trinajstić information content (AvgIpc) is 2.88. The molecule has 0 saturated heterocycles. The fraction of sp³-hybridized carbons (Fsp3) is 0.393. The first kappa shape index (κ1) is 24.7. The number of hydrogen-bond donors (Lipinski definition) is 2. The van der Waals surface area contributed by atoms with Crippen LogP contribution >= 0.6 is 0 Å². The summed E-state index contributed by atoms with van der Waals surface area (Å²) in [6.07, 6.45) is 4.93. The van der Waals surface area contributed by atoms with E-state index in [-0.39, 0.29) is 49.8 Å². The summed E-state index contributed by atoms with van der Waals surface area (Å²) in [5.41, 5.74) is 3.02. The van der Waals surface area contributed by atoms with Gasteiger partial charge in [-0.25, -0.2) is 0 Å². The van der Waals surface area contributed by atoms with Crippen LogP contribution in [0.25, 0.3) is 0 Å². The van der Waals surface area contributed by atoms with Crippen molar-refractivity contribution < 1.29 is 24.2 Å². The highest BCUT2D eigenvalue weighted by Gasteiger charge is 2.32. The molecule has 2 aromatic carbocycles. The van der Waals surface area contributed by atoms with Gasteiger partial charge in [-0.15, -0.1) is 0 Å². The summed E-state index contributed by atoms with van der Waals surface area (Å²) < 4.78 is 5.64. The van der Waals surface area contributed by atoms with Crippen molar-refractivity contribution in [1.82, 2.24) is 10.2 Å². The molecule has 2 N–H and O–H groups in total. The molecule has 0 aromatic heterocycles. The van der Waals surface area contributed by atoms with Gasteiger partial charge in [0.05, 0.1) is 25.1 Å². The maximum absolute atomic E-state index is 13.3. The third-order valence-electron chi connectivity index (χ3n) is 6.69. The van der Waals surface area contributed by atoms with Gasteiger partial charge in [0.15, 0.2) is 0 Å². The van der Waals surface area contributed by atoms with E-state index in [1.807, 2.05) is 66.7 Å². The normalized spacial score (nSPS) is 23.3. The molecule has 7 nitrogen and oxygen atoms in total. The number of ether oxygens (including phenoxy) is 1. The monoisotopic (exact) mass is 476 g/mol. The molecule has 0 spiro atoms. The number of nitrogens with zero attached hydrogens (tertiary/aromatic N) is 1. The Kier molecular flexibility index (Phi) is 8.32. The number of amides is 2. The van der Waals surface area contributed by atoms with Gasteiger partial charge in [0.1, 0.15) is 6.10 Å². The van der Waals surface area contributed by atoms with Crippen LogP contribution in [-0.4, -0.2) is 47.0 Å². The summed E-state index contributed by atoms with van der Waals surface area (Å²) in [6.45, 7) is 0.441. The van der Waals surface area contributed by atoms with Crippen molar-refractivity contribution in [3.63, 3.8) is 0 Å². The summed E-state index contributed by atoms with van der Waals surface area (Å²) in [6, 6.07) is 17.0. The number of carbonyl (C=O) groups is 3. The molecule has 2 aliphatic heterocycles. The lowest BCUT2D eigenvalue weighted by molar-refractivity contribution is -0.150. The molecule has 0 bridgehead atoms. The van der Waals surface area contributed by atoms with Crippen LogP contribution in [0.15, 0.2) is 66.7 Å². The number of rotatable bonds is 4. The Bertz CT molecular complexity index is 1070. The number of hydrogen-bond acceptors (Lipinski definition) is 5. The molecule has 4 rings (SSSR count). The number of fused-ring (bicyclic) bond motifs is 1. The quantitative estimate of drug-likeness (QED) is 0.522. The van der Waals surface area contributed by atoms with Gasteiger partial charge < -0.3 is 20.1 Å². The molecule has 2 aliphatic rings. The van der Waals surface area contributed by atoms with Crippen LogP contribution in [0.4, 0.5) is 0 Å². The van der Waals surface area contributed by atoms with E-state index < -0.39 is 12.0 Å². The molecule has 7 heteroatoms. The number of aliphatic hydroxyl groups is 1. The highest BCUT2D eigenvalue weighted by Crippen LogP contribution is 2.26. The van der Waals surface area contributed by atoms with E-state index >= 15 is 0 Å². The van der Waals surface area contributed by atoms with E-state index in [1.165, 1.54) is 0 Å². The zero-order valence-corrected chi connectivity index (χ0v) is 19.8. The Balaban J connectivity index is 1.48. The van der Waals surface area contributed by atoms with Crippen molar-refractivity contribution in [2.24, 2.45) is 5.92 Å². The van der Waals surface area contributed by atoms with Crippen LogP contribution in [-0.2, 0) is 32.1 Å². The van der Waals surface area contributed by atoms with Crippen LogP contribution in [0.1, 0.15) is 48.5 Å². The van der Waals surface area contributed by atoms with Gasteiger partial charge in [0.25, 0.3) is 0 Å². The zero-order valence-electron chi connectivity index (χ0n) is 19.8. The lowest BCUT2D eigenvalue weighted by Crippen LogP contribution is -2.47. The maximum Gasteiger partial charge on any atom is 0.306 e. The first-order chi connectivity index (χ1) is 17.0. The molecule has 0 radical (unpaired) electrons. The molecule has 0 saturated carbocycles. The highest BCUT2D eigenvalue weighted by molar-refractivity contribution is 5.86. The fourth-order valence-electron chi connectivity index (χ4n) is 4.68. The third kappa shape index (κ3) is 6.36. The second-order valence-corrected chi connectivity index (χ2v) is 9.11. The molecule has 3 unspecified atom stereocenters. The summed E-state index contributed by atoms with van der Waals surface area (Å²) in [4.78, 5) is 40.4. The largest absolute Gasteiger partial charge is 0.456 e. The minimum absolute atomic E-state index is 0.0463. The minimum atomic E-state index is -0.593. The predicted octanol–water partition coefficient (Wildman–Crippen LogP) is 3.08. The van der Waals surface area contributed by atoms with E-state index in [0.29, 0.717) is 25.8 Å². The summed E-state index contributed by atoms with van der Waals surface area (Å²) >= 11 is 0. The Labute approximate surface area is 205 Å². The molecule has 0 aliphatic carbocycles. The van der Waals surface area contributed by atoms with Gasteiger partial charge in [-0.1, -0.05) is 66.7 Å². The van der Waals surface area contributed by atoms with E-state index in [9.17, 15) is 19.5 Å². The number of nitrogens with one attached hydrogen (secondary N) is 1. The number of allylic oxidation sites excluding steroid dienone is 2. The van der Waals surface area contributed by atoms with Gasteiger partial charge in [0.2, 0.25) is 11.8 Å². The summed E-state index contributed by atoms with van der Waals surface area (Å²) in [5.74, 6) is -1.27. The van der Waals surface area contributed by atoms with Crippen LogP contribution in [0.3, 0.4) is 0 Å². The van der Waals surface area contributed by atoms with Crippen LogP contribution in [0.2, 0.25) is 0 Å². The van der Waals surface area contributed by atoms with Crippen molar-refractivity contribution >= 4 is 17.8 Å². The summed E-state index contributed by atoms with van der Waals surface area (Å²) in [5, 5.41) is 12.8. The molecule has 0 fully saturated rings. The number of aliphatic hydroxyl groups excluding tert-OH is 1. The molecule has 184 valence electrons. The van der Waals surface area contributed by atoms with Gasteiger partial charge in [-0.05, 0) is 36.0 Å².